The molecule has 0 bridgehead atoms. The van der Waals surface area contributed by atoms with Gasteiger partial charge in [0.2, 0.25) is 0 Å². The van der Waals surface area contributed by atoms with Crippen molar-refractivity contribution in [1.29, 1.82) is 0 Å². The van der Waals surface area contributed by atoms with E-state index < -0.39 is 0 Å². The van der Waals surface area contributed by atoms with Gasteiger partial charge in [-0.05, 0) is 58.0 Å². The van der Waals surface area contributed by atoms with Crippen molar-refractivity contribution in [2.75, 3.05) is 32.8 Å². The number of piperidine rings is 1. The van der Waals surface area contributed by atoms with Gasteiger partial charge in [-0.2, -0.15) is 0 Å². The molecule has 2 rings (SSSR count). The van der Waals surface area contributed by atoms with Gasteiger partial charge in [-0.15, -0.1) is 0 Å². The summed E-state index contributed by atoms with van der Waals surface area (Å²) in [7, 11) is 0. The second kappa shape index (κ2) is 7.46. The van der Waals surface area contributed by atoms with Crippen molar-refractivity contribution in [1.82, 2.24) is 10.2 Å². The van der Waals surface area contributed by atoms with Crippen LogP contribution >= 0.6 is 0 Å². The minimum Gasteiger partial charge on any atom is -0.380 e. The van der Waals surface area contributed by atoms with Crippen molar-refractivity contribution in [2.24, 2.45) is 5.92 Å². The zero-order valence-corrected chi connectivity index (χ0v) is 12.2. The van der Waals surface area contributed by atoms with E-state index in [4.69, 9.17) is 4.74 Å². The SMILES string of the molecule is CCCNC(C)C1CCCN(C2CCCOC2)C1. The summed E-state index contributed by atoms with van der Waals surface area (Å²) in [4.78, 5) is 2.69. The summed E-state index contributed by atoms with van der Waals surface area (Å²) in [6, 6.07) is 1.36. The lowest BCUT2D eigenvalue weighted by molar-refractivity contribution is -0.00142. The molecule has 2 saturated heterocycles. The van der Waals surface area contributed by atoms with Crippen molar-refractivity contribution < 1.29 is 4.74 Å². The van der Waals surface area contributed by atoms with Gasteiger partial charge in [0.15, 0.2) is 0 Å². The lowest BCUT2D eigenvalue weighted by atomic mass is 9.90. The van der Waals surface area contributed by atoms with Crippen LogP contribution in [-0.2, 0) is 4.74 Å². The molecular formula is C15H30N2O. The summed E-state index contributed by atoms with van der Waals surface area (Å²) in [6.45, 7) is 10.3. The quantitative estimate of drug-likeness (QED) is 0.814. The summed E-state index contributed by atoms with van der Waals surface area (Å²) in [5, 5.41) is 3.67. The topological polar surface area (TPSA) is 24.5 Å². The molecule has 3 unspecified atom stereocenters. The van der Waals surface area contributed by atoms with Crippen LogP contribution in [0.3, 0.4) is 0 Å². The Morgan fingerprint density at radius 1 is 1.33 bits per heavy atom. The van der Waals surface area contributed by atoms with Crippen LogP contribution in [0.1, 0.15) is 46.0 Å². The lowest BCUT2D eigenvalue weighted by Crippen LogP contribution is -2.50. The molecule has 2 aliphatic heterocycles. The molecule has 3 nitrogen and oxygen atoms in total. The van der Waals surface area contributed by atoms with E-state index in [0.717, 1.165) is 25.7 Å². The monoisotopic (exact) mass is 254 g/mol. The van der Waals surface area contributed by atoms with Gasteiger partial charge in [0.25, 0.3) is 0 Å². The van der Waals surface area contributed by atoms with Gasteiger partial charge in [-0.1, -0.05) is 6.92 Å². The molecule has 2 heterocycles. The smallest absolute Gasteiger partial charge is 0.0621 e. The molecule has 0 saturated carbocycles. The maximum Gasteiger partial charge on any atom is 0.0621 e. The van der Waals surface area contributed by atoms with Gasteiger partial charge in [-0.3, -0.25) is 4.90 Å². The number of nitrogens with one attached hydrogen (secondary N) is 1. The molecule has 0 aromatic heterocycles. The van der Waals surface area contributed by atoms with Crippen molar-refractivity contribution in [3.63, 3.8) is 0 Å². The summed E-state index contributed by atoms with van der Waals surface area (Å²) in [6.07, 6.45) is 6.57. The fourth-order valence-electron chi connectivity index (χ4n) is 3.33. The molecule has 0 aliphatic carbocycles. The highest BCUT2D eigenvalue weighted by atomic mass is 16.5. The zero-order valence-electron chi connectivity index (χ0n) is 12.2. The molecule has 106 valence electrons. The number of ether oxygens (including phenoxy) is 1. The highest BCUT2D eigenvalue weighted by Gasteiger charge is 2.29. The van der Waals surface area contributed by atoms with Crippen molar-refractivity contribution in [2.45, 2.75) is 58.0 Å². The van der Waals surface area contributed by atoms with Crippen LogP contribution in [0.25, 0.3) is 0 Å². The fraction of sp³-hybridized carbons (Fsp3) is 1.00. The molecule has 2 fully saturated rings. The normalized spacial score (nSPS) is 32.3. The van der Waals surface area contributed by atoms with Crippen molar-refractivity contribution in [3.8, 4) is 0 Å². The molecule has 0 amide bonds. The van der Waals surface area contributed by atoms with E-state index in [1.165, 1.54) is 45.2 Å². The second-order valence-corrected chi connectivity index (χ2v) is 6.01. The first-order chi connectivity index (χ1) is 8.81. The Balaban J connectivity index is 1.79. The third-order valence-corrected chi connectivity index (χ3v) is 4.57. The maximum atomic E-state index is 5.64. The molecule has 3 atom stereocenters. The Kier molecular flexibility index (Phi) is 5.93. The molecule has 0 spiro atoms. The Morgan fingerprint density at radius 2 is 2.22 bits per heavy atom. The third-order valence-electron chi connectivity index (χ3n) is 4.57. The van der Waals surface area contributed by atoms with E-state index in [1.54, 1.807) is 0 Å². The van der Waals surface area contributed by atoms with Gasteiger partial charge >= 0.3 is 0 Å². The summed E-state index contributed by atoms with van der Waals surface area (Å²) >= 11 is 0. The third kappa shape index (κ3) is 3.94. The van der Waals surface area contributed by atoms with Crippen LogP contribution in [0.15, 0.2) is 0 Å². The first kappa shape index (κ1) is 14.3. The number of hydrogen-bond donors (Lipinski definition) is 1. The van der Waals surface area contributed by atoms with Crippen LogP contribution < -0.4 is 5.32 Å². The van der Waals surface area contributed by atoms with E-state index in [1.807, 2.05) is 0 Å². The molecule has 0 aromatic carbocycles. The molecule has 1 N–H and O–H groups in total. The number of rotatable bonds is 5. The van der Waals surface area contributed by atoms with Gasteiger partial charge in [-0.25, -0.2) is 0 Å². The Bertz CT molecular complexity index is 229. The van der Waals surface area contributed by atoms with Crippen molar-refractivity contribution in [3.05, 3.63) is 0 Å². The average molecular weight is 254 g/mol. The zero-order chi connectivity index (χ0) is 12.8. The predicted octanol–water partition coefficient (Wildman–Crippen LogP) is 2.27. The minimum atomic E-state index is 0.664. The van der Waals surface area contributed by atoms with Crippen LogP contribution in [0.2, 0.25) is 0 Å². The first-order valence-electron chi connectivity index (χ1n) is 7.86. The Labute approximate surface area is 112 Å². The molecular weight excluding hydrogens is 224 g/mol. The second-order valence-electron chi connectivity index (χ2n) is 6.01. The minimum absolute atomic E-state index is 0.664. The fourth-order valence-corrected chi connectivity index (χ4v) is 3.33. The van der Waals surface area contributed by atoms with Gasteiger partial charge in [0.05, 0.1) is 6.61 Å². The first-order valence-corrected chi connectivity index (χ1v) is 7.86. The van der Waals surface area contributed by atoms with Gasteiger partial charge in [0, 0.05) is 25.2 Å². The van der Waals surface area contributed by atoms with Gasteiger partial charge in [0.1, 0.15) is 0 Å². The van der Waals surface area contributed by atoms with E-state index >= 15 is 0 Å². The summed E-state index contributed by atoms with van der Waals surface area (Å²) < 4.78 is 5.64. The van der Waals surface area contributed by atoms with Crippen LogP contribution in [0.4, 0.5) is 0 Å². The van der Waals surface area contributed by atoms with E-state index in [9.17, 15) is 0 Å². The van der Waals surface area contributed by atoms with E-state index in [-0.39, 0.29) is 0 Å². The van der Waals surface area contributed by atoms with E-state index in [2.05, 4.69) is 24.1 Å². The standard InChI is InChI=1S/C15H30N2O/c1-3-8-16-13(2)14-6-4-9-17(11-14)15-7-5-10-18-12-15/h13-16H,3-12H2,1-2H3. The molecule has 0 aromatic rings. The molecule has 0 radical (unpaired) electrons. The number of nitrogens with zero attached hydrogens (tertiary/aromatic N) is 1. The van der Waals surface area contributed by atoms with Crippen LogP contribution in [0, 0.1) is 5.92 Å². The Morgan fingerprint density at radius 3 is 2.94 bits per heavy atom. The van der Waals surface area contributed by atoms with E-state index in [0.29, 0.717) is 12.1 Å². The molecule has 3 heteroatoms. The average Bonchev–Trinajstić information content (AvgIpc) is 2.46. The summed E-state index contributed by atoms with van der Waals surface area (Å²) in [5.41, 5.74) is 0. The van der Waals surface area contributed by atoms with Gasteiger partial charge < -0.3 is 10.1 Å². The molecule has 2 aliphatic rings. The van der Waals surface area contributed by atoms with Crippen molar-refractivity contribution >= 4 is 0 Å². The van der Waals surface area contributed by atoms with Crippen LogP contribution in [0.5, 0.6) is 0 Å². The summed E-state index contributed by atoms with van der Waals surface area (Å²) in [5.74, 6) is 0.826. The predicted molar refractivity (Wildman–Crippen MR) is 75.9 cm³/mol. The molecule has 18 heavy (non-hydrogen) atoms. The number of hydrogen-bond acceptors (Lipinski definition) is 3. The largest absolute Gasteiger partial charge is 0.380 e. The highest BCUT2D eigenvalue weighted by molar-refractivity contribution is 4.84. The maximum absolute atomic E-state index is 5.64. The highest BCUT2D eigenvalue weighted by Crippen LogP contribution is 2.24. The van der Waals surface area contributed by atoms with Crippen LogP contribution in [-0.4, -0.2) is 49.8 Å². The Hall–Kier alpha value is -0.120. The lowest BCUT2D eigenvalue weighted by Gasteiger charge is -2.41. The number of likely N-dealkylation sites (tertiary alicyclic amines) is 1.